The van der Waals surface area contributed by atoms with Gasteiger partial charge in [0.25, 0.3) is 0 Å². The van der Waals surface area contributed by atoms with Gasteiger partial charge in [-0.15, -0.1) is 11.3 Å². The van der Waals surface area contributed by atoms with Gasteiger partial charge in [-0.3, -0.25) is 4.99 Å². The van der Waals surface area contributed by atoms with Crippen molar-refractivity contribution < 1.29 is 4.74 Å². The lowest BCUT2D eigenvalue weighted by molar-refractivity contribution is 0.117. The molecular formula is C21H20ClN3OS. The zero-order valence-electron chi connectivity index (χ0n) is 14.8. The van der Waals surface area contributed by atoms with E-state index in [4.69, 9.17) is 26.4 Å². The topological polar surface area (TPSA) is 38.9 Å². The van der Waals surface area contributed by atoms with Crippen molar-refractivity contribution in [3.05, 3.63) is 75.4 Å². The molecule has 4 nitrogen and oxygen atoms in total. The van der Waals surface area contributed by atoms with E-state index in [2.05, 4.69) is 17.5 Å². The van der Waals surface area contributed by atoms with Gasteiger partial charge in [-0.05, 0) is 18.9 Å². The Labute approximate surface area is 167 Å². The second-order valence-corrected chi connectivity index (χ2v) is 7.57. The molecular weight excluding hydrogens is 378 g/mol. The molecule has 27 heavy (non-hydrogen) atoms. The lowest BCUT2D eigenvalue weighted by atomic mass is 10.2. The summed E-state index contributed by atoms with van der Waals surface area (Å²) in [5.41, 5.74) is 2.99. The molecule has 138 valence electrons. The lowest BCUT2D eigenvalue weighted by Crippen LogP contribution is -2.17. The average Bonchev–Trinajstić information content (AvgIpc) is 3.36. The minimum absolute atomic E-state index is 0.216. The molecule has 3 aromatic rings. The van der Waals surface area contributed by atoms with Crippen LogP contribution >= 0.6 is 22.9 Å². The number of hydrogen-bond donors (Lipinski definition) is 0. The number of thiazole rings is 1. The molecule has 0 unspecified atom stereocenters. The molecule has 1 fully saturated rings. The van der Waals surface area contributed by atoms with Gasteiger partial charge in [0.15, 0.2) is 0 Å². The number of benzene rings is 2. The maximum absolute atomic E-state index is 6.27. The van der Waals surface area contributed by atoms with Gasteiger partial charge >= 0.3 is 0 Å². The number of halogens is 1. The van der Waals surface area contributed by atoms with Crippen molar-refractivity contribution in [3.8, 4) is 11.3 Å². The van der Waals surface area contributed by atoms with Gasteiger partial charge in [0.05, 0.1) is 24.6 Å². The largest absolute Gasteiger partial charge is 0.376 e. The Morgan fingerprint density at radius 2 is 1.96 bits per heavy atom. The SMILES string of the molecule is Clc1ccccc1/C=N\n1c(-c2ccccc2)csc1=NC[C@H]1CCCO1. The predicted molar refractivity (Wildman–Crippen MR) is 112 cm³/mol. The number of hydrogen-bond acceptors (Lipinski definition) is 4. The Bertz CT molecular complexity index is 988. The normalized spacial score (nSPS) is 17.8. The Hall–Kier alpha value is -2.21. The third-order valence-electron chi connectivity index (χ3n) is 4.43. The van der Waals surface area contributed by atoms with Gasteiger partial charge in [0.1, 0.15) is 0 Å². The summed E-state index contributed by atoms with van der Waals surface area (Å²) < 4.78 is 7.58. The second-order valence-electron chi connectivity index (χ2n) is 6.32. The number of rotatable bonds is 5. The highest BCUT2D eigenvalue weighted by Crippen LogP contribution is 2.20. The van der Waals surface area contributed by atoms with Crippen molar-refractivity contribution in [3.63, 3.8) is 0 Å². The van der Waals surface area contributed by atoms with E-state index in [0.29, 0.717) is 11.6 Å². The molecule has 0 N–H and O–H groups in total. The van der Waals surface area contributed by atoms with Crippen molar-refractivity contribution in [2.75, 3.05) is 13.2 Å². The standard InChI is InChI=1S/C21H20ClN3OS/c22-19-11-5-4-9-17(19)13-24-25-20(16-7-2-1-3-8-16)15-27-21(25)23-14-18-10-6-12-26-18/h1-5,7-9,11,13,15,18H,6,10,12,14H2/b23-21?,24-13-/t18-/m1/s1. The van der Waals surface area contributed by atoms with Gasteiger partial charge in [-0.2, -0.15) is 5.10 Å². The molecule has 1 saturated heterocycles. The van der Waals surface area contributed by atoms with Gasteiger partial charge in [-0.1, -0.05) is 60.1 Å². The first-order valence-corrected chi connectivity index (χ1v) is 10.2. The van der Waals surface area contributed by atoms with E-state index in [9.17, 15) is 0 Å². The molecule has 1 aliphatic heterocycles. The molecule has 0 saturated carbocycles. The number of nitrogens with zero attached hydrogens (tertiary/aromatic N) is 3. The molecule has 2 heterocycles. The van der Waals surface area contributed by atoms with Crippen LogP contribution < -0.4 is 4.80 Å². The van der Waals surface area contributed by atoms with Crippen molar-refractivity contribution in [2.45, 2.75) is 18.9 Å². The molecule has 0 spiro atoms. The van der Waals surface area contributed by atoms with Gasteiger partial charge in [0.2, 0.25) is 4.80 Å². The molecule has 6 heteroatoms. The van der Waals surface area contributed by atoms with Gasteiger partial charge in [-0.25, -0.2) is 4.68 Å². The summed E-state index contributed by atoms with van der Waals surface area (Å²) in [5, 5.41) is 7.47. The summed E-state index contributed by atoms with van der Waals surface area (Å²) in [5.74, 6) is 0. The van der Waals surface area contributed by atoms with E-state index in [-0.39, 0.29) is 6.10 Å². The first kappa shape index (κ1) is 18.2. The summed E-state index contributed by atoms with van der Waals surface area (Å²) in [6.45, 7) is 1.50. The Kier molecular flexibility index (Phi) is 5.82. The van der Waals surface area contributed by atoms with Crippen LogP contribution in [0, 0.1) is 0 Å². The highest BCUT2D eigenvalue weighted by Gasteiger charge is 2.15. The highest BCUT2D eigenvalue weighted by molar-refractivity contribution is 7.07. The van der Waals surface area contributed by atoms with Crippen LogP contribution in [-0.2, 0) is 4.74 Å². The van der Waals surface area contributed by atoms with E-state index in [1.54, 1.807) is 17.6 Å². The van der Waals surface area contributed by atoms with Crippen LogP contribution in [-0.4, -0.2) is 30.1 Å². The minimum Gasteiger partial charge on any atom is -0.376 e. The second kappa shape index (κ2) is 8.65. The quantitative estimate of drug-likeness (QED) is 0.568. The van der Waals surface area contributed by atoms with Crippen molar-refractivity contribution in [2.24, 2.45) is 10.1 Å². The van der Waals surface area contributed by atoms with Crippen molar-refractivity contribution >= 4 is 29.2 Å². The molecule has 0 amide bonds. The first-order chi connectivity index (χ1) is 13.3. The van der Waals surface area contributed by atoms with E-state index >= 15 is 0 Å². The Balaban J connectivity index is 1.72. The molecule has 1 atom stereocenters. The summed E-state index contributed by atoms with van der Waals surface area (Å²) in [6.07, 6.45) is 4.19. The van der Waals surface area contributed by atoms with Gasteiger partial charge < -0.3 is 4.74 Å². The van der Waals surface area contributed by atoms with Crippen LogP contribution in [0.4, 0.5) is 0 Å². The van der Waals surface area contributed by atoms with Crippen LogP contribution in [0.1, 0.15) is 18.4 Å². The van der Waals surface area contributed by atoms with E-state index in [1.807, 2.05) is 47.1 Å². The van der Waals surface area contributed by atoms with Crippen LogP contribution in [0.2, 0.25) is 5.02 Å². The van der Waals surface area contributed by atoms with Crippen molar-refractivity contribution in [1.29, 1.82) is 0 Å². The van der Waals surface area contributed by atoms with Crippen molar-refractivity contribution in [1.82, 2.24) is 4.68 Å². The molecule has 0 aliphatic carbocycles. The monoisotopic (exact) mass is 397 g/mol. The molecule has 1 aliphatic rings. The summed E-state index contributed by atoms with van der Waals surface area (Å²) in [4.78, 5) is 5.63. The molecule has 1 aromatic heterocycles. The Morgan fingerprint density at radius 1 is 1.15 bits per heavy atom. The molecule has 0 bridgehead atoms. The lowest BCUT2D eigenvalue weighted by Gasteiger charge is -2.06. The van der Waals surface area contributed by atoms with E-state index in [1.165, 1.54) is 0 Å². The fourth-order valence-electron chi connectivity index (χ4n) is 2.99. The first-order valence-electron chi connectivity index (χ1n) is 8.98. The maximum atomic E-state index is 6.27. The molecule has 0 radical (unpaired) electrons. The van der Waals surface area contributed by atoms with Crippen LogP contribution in [0.5, 0.6) is 0 Å². The smallest absolute Gasteiger partial charge is 0.206 e. The zero-order chi connectivity index (χ0) is 18.5. The fourth-order valence-corrected chi connectivity index (χ4v) is 4.03. The highest BCUT2D eigenvalue weighted by atomic mass is 35.5. The van der Waals surface area contributed by atoms with Gasteiger partial charge in [0, 0.05) is 28.1 Å². The van der Waals surface area contributed by atoms with E-state index in [0.717, 1.165) is 41.1 Å². The molecule has 2 aromatic carbocycles. The molecule has 4 rings (SSSR count). The summed E-state index contributed by atoms with van der Waals surface area (Å²) in [6, 6.07) is 17.9. The number of ether oxygens (including phenoxy) is 1. The predicted octanol–water partition coefficient (Wildman–Crippen LogP) is 4.83. The third kappa shape index (κ3) is 4.38. The summed E-state index contributed by atoms with van der Waals surface area (Å²) in [7, 11) is 0. The third-order valence-corrected chi connectivity index (χ3v) is 5.62. The summed E-state index contributed by atoms with van der Waals surface area (Å²) >= 11 is 7.86. The minimum atomic E-state index is 0.216. The fraction of sp³-hybridized carbons (Fsp3) is 0.238. The number of aromatic nitrogens is 1. The van der Waals surface area contributed by atoms with E-state index < -0.39 is 0 Å². The van der Waals surface area contributed by atoms with Crippen LogP contribution in [0.15, 0.2) is 70.1 Å². The average molecular weight is 398 g/mol. The maximum Gasteiger partial charge on any atom is 0.206 e. The van der Waals surface area contributed by atoms with Crippen LogP contribution in [0.3, 0.4) is 0 Å². The zero-order valence-corrected chi connectivity index (χ0v) is 16.4. The Morgan fingerprint density at radius 3 is 2.74 bits per heavy atom. The van der Waals surface area contributed by atoms with Crippen LogP contribution in [0.25, 0.3) is 11.3 Å².